The van der Waals surface area contributed by atoms with Crippen molar-refractivity contribution in [3.63, 3.8) is 0 Å². The lowest BCUT2D eigenvalue weighted by molar-refractivity contribution is -0.130. The van der Waals surface area contributed by atoms with Gasteiger partial charge in [-0.2, -0.15) is 0 Å². The third-order valence-electron chi connectivity index (χ3n) is 8.56. The second-order valence-corrected chi connectivity index (χ2v) is 11.6. The number of fused-ring (bicyclic) bond motifs is 1. The fourth-order valence-corrected chi connectivity index (χ4v) is 6.10. The van der Waals surface area contributed by atoms with Crippen LogP contribution in [0.15, 0.2) is 28.7 Å². The third-order valence-corrected chi connectivity index (χ3v) is 8.56. The Morgan fingerprint density at radius 3 is 2.51 bits per heavy atom. The summed E-state index contributed by atoms with van der Waals surface area (Å²) < 4.78 is 28.8. The van der Waals surface area contributed by atoms with Crippen LogP contribution in [0.5, 0.6) is 0 Å². The summed E-state index contributed by atoms with van der Waals surface area (Å²) in [6.07, 6.45) is 9.50. The predicted octanol–water partition coefficient (Wildman–Crippen LogP) is 5.12. The van der Waals surface area contributed by atoms with Crippen molar-refractivity contribution in [2.24, 2.45) is 23.5 Å². The minimum Gasteiger partial charge on any atom is -0.460 e. The number of benzene rings is 1. The van der Waals surface area contributed by atoms with Crippen LogP contribution in [0, 0.1) is 17.8 Å². The maximum Gasteiger partial charge on any atom is 0.374 e. The first-order valence-electron chi connectivity index (χ1n) is 15.0. The van der Waals surface area contributed by atoms with Crippen LogP contribution in [0.25, 0.3) is 11.0 Å². The summed E-state index contributed by atoms with van der Waals surface area (Å²) in [5.74, 6) is -0.572. The van der Waals surface area contributed by atoms with E-state index in [2.05, 4.69) is 10.6 Å². The lowest BCUT2D eigenvalue weighted by Gasteiger charge is -2.32. The van der Waals surface area contributed by atoms with Gasteiger partial charge in [0.1, 0.15) is 18.3 Å². The monoisotopic (exact) mass is 573 g/mol. The van der Waals surface area contributed by atoms with Gasteiger partial charge >= 0.3 is 5.97 Å². The minimum absolute atomic E-state index is 0.0884. The van der Waals surface area contributed by atoms with Crippen molar-refractivity contribution in [3.05, 3.63) is 30.0 Å². The maximum absolute atomic E-state index is 13.5. The second-order valence-electron chi connectivity index (χ2n) is 11.6. The van der Waals surface area contributed by atoms with Crippen molar-refractivity contribution in [2.75, 3.05) is 32.3 Å². The molecular formula is C31H44FN3O6. The molecule has 2 aliphatic rings. The van der Waals surface area contributed by atoms with Gasteiger partial charge in [0.15, 0.2) is 0 Å². The molecule has 1 aromatic heterocycles. The van der Waals surface area contributed by atoms with Crippen LogP contribution in [-0.4, -0.2) is 56.9 Å². The van der Waals surface area contributed by atoms with Crippen molar-refractivity contribution < 1.29 is 32.7 Å². The quantitative estimate of drug-likeness (QED) is 0.224. The van der Waals surface area contributed by atoms with Gasteiger partial charge < -0.3 is 30.3 Å². The number of furan rings is 1. The number of hydrogen-bond acceptors (Lipinski definition) is 7. The summed E-state index contributed by atoms with van der Waals surface area (Å²) in [4.78, 5) is 39.1. The highest BCUT2D eigenvalue weighted by molar-refractivity contribution is 5.99. The highest BCUT2D eigenvalue weighted by Crippen LogP contribution is 2.32. The molecule has 4 rings (SSSR count). The van der Waals surface area contributed by atoms with E-state index in [9.17, 15) is 18.8 Å². The SMILES string of the molecule is COCCCOC(=O)c1cc2cc(NC(=O)[C@@H](CC3CCCCC3)NC(=O)C3CCC(C(N)CF)CC3)ccc2o1. The Morgan fingerprint density at radius 2 is 1.80 bits per heavy atom. The molecule has 2 atom stereocenters. The summed E-state index contributed by atoms with van der Waals surface area (Å²) in [6, 6.07) is 5.62. The van der Waals surface area contributed by atoms with Gasteiger partial charge in [-0.25, -0.2) is 9.18 Å². The first-order valence-corrected chi connectivity index (χ1v) is 15.0. The Hall–Kier alpha value is -2.98. The number of halogens is 1. The van der Waals surface area contributed by atoms with E-state index in [0.717, 1.165) is 38.5 Å². The molecule has 2 saturated carbocycles. The first kappa shape index (κ1) is 31.0. The number of ether oxygens (including phenoxy) is 2. The Labute approximate surface area is 241 Å². The molecule has 0 spiro atoms. The van der Waals surface area contributed by atoms with Gasteiger partial charge in [-0.3, -0.25) is 9.59 Å². The Morgan fingerprint density at radius 1 is 1.05 bits per heavy atom. The van der Waals surface area contributed by atoms with Crippen LogP contribution in [-0.2, 0) is 19.1 Å². The molecule has 1 aromatic carbocycles. The van der Waals surface area contributed by atoms with E-state index in [-0.39, 0.29) is 36.0 Å². The highest BCUT2D eigenvalue weighted by atomic mass is 19.1. The summed E-state index contributed by atoms with van der Waals surface area (Å²) in [5.41, 5.74) is 6.94. The van der Waals surface area contributed by atoms with Gasteiger partial charge in [0.05, 0.1) is 6.61 Å². The fraction of sp³-hybridized carbons (Fsp3) is 0.645. The van der Waals surface area contributed by atoms with E-state index in [1.165, 1.54) is 6.42 Å². The van der Waals surface area contributed by atoms with Crippen LogP contribution in [0.4, 0.5) is 10.1 Å². The average Bonchev–Trinajstić information content (AvgIpc) is 3.43. The summed E-state index contributed by atoms with van der Waals surface area (Å²) in [7, 11) is 1.59. The van der Waals surface area contributed by atoms with Crippen LogP contribution in [0.2, 0.25) is 0 Å². The summed E-state index contributed by atoms with van der Waals surface area (Å²) >= 11 is 0. The fourth-order valence-electron chi connectivity index (χ4n) is 6.10. The maximum atomic E-state index is 13.5. The van der Waals surface area contributed by atoms with E-state index in [1.807, 2.05) is 0 Å². The number of nitrogens with one attached hydrogen (secondary N) is 2. The molecule has 226 valence electrons. The van der Waals surface area contributed by atoms with E-state index in [1.54, 1.807) is 31.4 Å². The van der Waals surface area contributed by atoms with Gasteiger partial charge in [-0.15, -0.1) is 0 Å². The Balaban J connectivity index is 1.39. The van der Waals surface area contributed by atoms with E-state index in [0.29, 0.717) is 54.9 Å². The average molecular weight is 574 g/mol. The predicted molar refractivity (Wildman–Crippen MR) is 154 cm³/mol. The van der Waals surface area contributed by atoms with Crippen LogP contribution in [0.1, 0.15) is 81.2 Å². The van der Waals surface area contributed by atoms with Crippen molar-refractivity contribution in [2.45, 2.75) is 82.7 Å². The number of hydrogen-bond donors (Lipinski definition) is 3. The summed E-state index contributed by atoms with van der Waals surface area (Å²) in [6.45, 7) is 0.177. The molecule has 2 amide bonds. The molecule has 2 fully saturated rings. The zero-order chi connectivity index (χ0) is 29.2. The number of carbonyl (C=O) groups excluding carboxylic acids is 3. The molecule has 1 unspecified atom stereocenters. The van der Waals surface area contributed by atoms with Crippen molar-refractivity contribution in [3.8, 4) is 0 Å². The Bertz CT molecular complexity index is 1160. The number of rotatable bonds is 13. The normalized spacial score (nSPS) is 21.2. The lowest BCUT2D eigenvalue weighted by atomic mass is 9.78. The lowest BCUT2D eigenvalue weighted by Crippen LogP contribution is -2.48. The van der Waals surface area contributed by atoms with Crippen LogP contribution >= 0.6 is 0 Å². The molecule has 2 aliphatic carbocycles. The van der Waals surface area contributed by atoms with Crippen LogP contribution in [0.3, 0.4) is 0 Å². The van der Waals surface area contributed by atoms with Crippen molar-refractivity contribution in [1.29, 1.82) is 0 Å². The van der Waals surface area contributed by atoms with Gasteiger partial charge in [0.25, 0.3) is 0 Å². The minimum atomic E-state index is -0.658. The van der Waals surface area contributed by atoms with E-state index in [4.69, 9.17) is 19.6 Å². The zero-order valence-corrected chi connectivity index (χ0v) is 24.0. The van der Waals surface area contributed by atoms with E-state index >= 15 is 0 Å². The molecule has 0 bridgehead atoms. The molecule has 0 radical (unpaired) electrons. The molecule has 4 N–H and O–H groups in total. The van der Waals surface area contributed by atoms with Gasteiger partial charge in [0, 0.05) is 43.2 Å². The van der Waals surface area contributed by atoms with Gasteiger partial charge in [0.2, 0.25) is 17.6 Å². The third kappa shape index (κ3) is 8.75. The number of anilines is 1. The molecular weight excluding hydrogens is 529 g/mol. The standard InChI is InChI=1S/C31H44FN3O6/c1-39-14-5-15-40-31(38)28-18-23-17-24(12-13-27(23)41-28)34-30(37)26(16-20-6-3-2-4-7-20)35-29(36)22-10-8-21(9-11-22)25(33)19-32/h12-13,17-18,20-22,25-26H,2-11,14-16,19,33H2,1H3,(H,34,37)(H,35,36)/t21?,22?,25?,26-/m1/s1. The Kier molecular flexibility index (Phi) is 11.6. The van der Waals surface area contributed by atoms with Crippen molar-refractivity contribution in [1.82, 2.24) is 5.32 Å². The topological polar surface area (TPSA) is 133 Å². The number of amides is 2. The largest absolute Gasteiger partial charge is 0.460 e. The first-order chi connectivity index (χ1) is 19.9. The van der Waals surface area contributed by atoms with Gasteiger partial charge in [-0.05, 0) is 68.2 Å². The number of alkyl halides is 1. The highest BCUT2D eigenvalue weighted by Gasteiger charge is 2.32. The van der Waals surface area contributed by atoms with Crippen LogP contribution < -0.4 is 16.4 Å². The smallest absolute Gasteiger partial charge is 0.374 e. The zero-order valence-electron chi connectivity index (χ0n) is 24.0. The molecule has 9 nitrogen and oxygen atoms in total. The number of methoxy groups -OCH3 is 1. The summed E-state index contributed by atoms with van der Waals surface area (Å²) in [5, 5.41) is 6.67. The number of nitrogens with two attached hydrogens (primary N) is 1. The van der Waals surface area contributed by atoms with E-state index < -0.39 is 24.7 Å². The second kappa shape index (κ2) is 15.3. The molecule has 10 heteroatoms. The molecule has 0 aliphatic heterocycles. The van der Waals surface area contributed by atoms with Gasteiger partial charge in [-0.1, -0.05) is 32.1 Å². The molecule has 1 heterocycles. The molecule has 2 aromatic rings. The number of esters is 1. The number of carbonyl (C=O) groups is 3. The molecule has 0 saturated heterocycles. The van der Waals surface area contributed by atoms with Crippen molar-refractivity contribution >= 4 is 34.4 Å². The molecule has 41 heavy (non-hydrogen) atoms.